The molecule has 140 valence electrons. The molecule has 27 heavy (non-hydrogen) atoms. The SMILES string of the molecule is COc1ccc(CNC(=O)CN(C(C)=O)c2cccc(C#N)c2)cc1OC. The van der Waals surface area contributed by atoms with E-state index in [0.29, 0.717) is 22.7 Å². The molecule has 0 bridgehead atoms. The predicted octanol–water partition coefficient (Wildman–Crippen LogP) is 2.24. The fraction of sp³-hybridized carbons (Fsp3) is 0.250. The Morgan fingerprint density at radius 2 is 1.85 bits per heavy atom. The summed E-state index contributed by atoms with van der Waals surface area (Å²) in [6.07, 6.45) is 0. The third kappa shape index (κ3) is 5.22. The van der Waals surface area contributed by atoms with Gasteiger partial charge in [-0.15, -0.1) is 0 Å². The fourth-order valence-electron chi connectivity index (χ4n) is 2.52. The summed E-state index contributed by atoms with van der Waals surface area (Å²) < 4.78 is 10.4. The molecule has 0 aliphatic carbocycles. The summed E-state index contributed by atoms with van der Waals surface area (Å²) in [5, 5.41) is 11.8. The number of hydrogen-bond acceptors (Lipinski definition) is 5. The molecule has 0 fully saturated rings. The average Bonchev–Trinajstić information content (AvgIpc) is 2.69. The van der Waals surface area contributed by atoms with E-state index in [4.69, 9.17) is 14.7 Å². The van der Waals surface area contributed by atoms with E-state index in [2.05, 4.69) is 5.32 Å². The van der Waals surface area contributed by atoms with Crippen LogP contribution in [0.25, 0.3) is 0 Å². The Morgan fingerprint density at radius 1 is 1.11 bits per heavy atom. The lowest BCUT2D eigenvalue weighted by molar-refractivity contribution is -0.123. The Morgan fingerprint density at radius 3 is 2.48 bits per heavy atom. The molecule has 0 heterocycles. The van der Waals surface area contributed by atoms with Crippen LogP contribution in [0.3, 0.4) is 0 Å². The van der Waals surface area contributed by atoms with E-state index in [1.54, 1.807) is 50.6 Å². The van der Waals surface area contributed by atoms with Gasteiger partial charge in [0.15, 0.2) is 11.5 Å². The first-order valence-corrected chi connectivity index (χ1v) is 8.24. The average molecular weight is 367 g/mol. The summed E-state index contributed by atoms with van der Waals surface area (Å²) in [6.45, 7) is 1.52. The number of rotatable bonds is 7. The second kappa shape index (κ2) is 9.25. The van der Waals surface area contributed by atoms with Crippen LogP contribution in [-0.2, 0) is 16.1 Å². The van der Waals surface area contributed by atoms with E-state index >= 15 is 0 Å². The number of hydrogen-bond donors (Lipinski definition) is 1. The fourth-order valence-corrected chi connectivity index (χ4v) is 2.52. The van der Waals surface area contributed by atoms with Gasteiger partial charge in [-0.3, -0.25) is 9.59 Å². The highest BCUT2D eigenvalue weighted by Gasteiger charge is 2.16. The number of benzene rings is 2. The van der Waals surface area contributed by atoms with Crippen molar-refractivity contribution in [3.8, 4) is 17.6 Å². The zero-order valence-electron chi connectivity index (χ0n) is 15.5. The Kier molecular flexibility index (Phi) is 6.78. The largest absolute Gasteiger partial charge is 0.493 e. The minimum absolute atomic E-state index is 0.141. The van der Waals surface area contributed by atoms with Crippen molar-refractivity contribution in [1.82, 2.24) is 5.32 Å². The van der Waals surface area contributed by atoms with Crippen molar-refractivity contribution in [2.75, 3.05) is 25.7 Å². The minimum Gasteiger partial charge on any atom is -0.493 e. The monoisotopic (exact) mass is 367 g/mol. The highest BCUT2D eigenvalue weighted by molar-refractivity contribution is 5.97. The van der Waals surface area contributed by atoms with Crippen LogP contribution in [0, 0.1) is 11.3 Å². The summed E-state index contributed by atoms with van der Waals surface area (Å²) >= 11 is 0. The predicted molar refractivity (Wildman–Crippen MR) is 101 cm³/mol. The lowest BCUT2D eigenvalue weighted by Crippen LogP contribution is -2.39. The molecule has 0 aromatic heterocycles. The molecule has 0 saturated heterocycles. The zero-order valence-corrected chi connectivity index (χ0v) is 15.5. The van der Waals surface area contributed by atoms with E-state index in [1.807, 2.05) is 12.1 Å². The lowest BCUT2D eigenvalue weighted by Gasteiger charge is -2.21. The minimum atomic E-state index is -0.317. The van der Waals surface area contributed by atoms with Gasteiger partial charge in [0, 0.05) is 19.2 Å². The Bertz CT molecular complexity index is 874. The van der Waals surface area contributed by atoms with E-state index in [-0.39, 0.29) is 24.9 Å². The lowest BCUT2D eigenvalue weighted by atomic mass is 10.2. The second-order valence-electron chi connectivity index (χ2n) is 5.73. The van der Waals surface area contributed by atoms with Crippen molar-refractivity contribution in [2.45, 2.75) is 13.5 Å². The van der Waals surface area contributed by atoms with Crippen LogP contribution < -0.4 is 19.7 Å². The summed E-state index contributed by atoms with van der Waals surface area (Å²) in [5.74, 6) is 0.573. The zero-order chi connectivity index (χ0) is 19.8. The van der Waals surface area contributed by atoms with Gasteiger partial charge in [-0.25, -0.2) is 0 Å². The molecule has 0 aliphatic heterocycles. The molecule has 2 amide bonds. The quantitative estimate of drug-likeness (QED) is 0.810. The molecule has 0 spiro atoms. The van der Waals surface area contributed by atoms with Crippen molar-refractivity contribution in [3.05, 3.63) is 53.6 Å². The van der Waals surface area contributed by atoms with Crippen molar-refractivity contribution in [2.24, 2.45) is 0 Å². The molecule has 2 rings (SSSR count). The standard InChI is InChI=1S/C20H21N3O4/c1-14(24)23(17-6-4-5-15(9-17)11-21)13-20(25)22-12-16-7-8-18(26-2)19(10-16)27-3/h4-10H,12-13H2,1-3H3,(H,22,25). The number of nitrogens with zero attached hydrogens (tertiary/aromatic N) is 2. The van der Waals surface area contributed by atoms with Crippen molar-refractivity contribution in [1.29, 1.82) is 5.26 Å². The Balaban J connectivity index is 2.04. The number of anilines is 1. The van der Waals surface area contributed by atoms with Crippen LogP contribution in [0.2, 0.25) is 0 Å². The normalized spacial score (nSPS) is 9.85. The molecular weight excluding hydrogens is 346 g/mol. The van der Waals surface area contributed by atoms with Crippen LogP contribution in [-0.4, -0.2) is 32.6 Å². The maximum Gasteiger partial charge on any atom is 0.240 e. The molecule has 0 atom stereocenters. The van der Waals surface area contributed by atoms with E-state index in [1.165, 1.54) is 11.8 Å². The van der Waals surface area contributed by atoms with Gasteiger partial charge in [0.05, 0.1) is 25.9 Å². The summed E-state index contributed by atoms with van der Waals surface area (Å²) in [6, 6.07) is 13.9. The van der Waals surface area contributed by atoms with Crippen LogP contribution in [0.5, 0.6) is 11.5 Å². The first-order chi connectivity index (χ1) is 13.0. The topological polar surface area (TPSA) is 91.7 Å². The van der Waals surface area contributed by atoms with Gasteiger partial charge in [-0.05, 0) is 35.9 Å². The van der Waals surface area contributed by atoms with Crippen molar-refractivity contribution < 1.29 is 19.1 Å². The summed E-state index contributed by atoms with van der Waals surface area (Å²) in [7, 11) is 3.09. The Labute approximate surface area is 158 Å². The molecule has 1 N–H and O–H groups in total. The van der Waals surface area contributed by atoms with Gasteiger partial charge >= 0.3 is 0 Å². The number of nitrogens with one attached hydrogen (secondary N) is 1. The van der Waals surface area contributed by atoms with Crippen LogP contribution in [0.15, 0.2) is 42.5 Å². The summed E-state index contributed by atoms with van der Waals surface area (Å²) in [5.41, 5.74) is 1.76. The third-order valence-electron chi connectivity index (χ3n) is 3.91. The van der Waals surface area contributed by atoms with Crippen LogP contribution in [0.4, 0.5) is 5.69 Å². The molecule has 0 unspecified atom stereocenters. The molecule has 0 saturated carbocycles. The van der Waals surface area contributed by atoms with Crippen molar-refractivity contribution >= 4 is 17.5 Å². The first kappa shape index (κ1) is 19.8. The number of methoxy groups -OCH3 is 2. The van der Waals surface area contributed by atoms with Gasteiger partial charge in [0.1, 0.15) is 6.54 Å². The van der Waals surface area contributed by atoms with E-state index in [0.717, 1.165) is 5.56 Å². The van der Waals surface area contributed by atoms with Gasteiger partial charge in [0.2, 0.25) is 11.8 Å². The van der Waals surface area contributed by atoms with Gasteiger partial charge in [-0.1, -0.05) is 12.1 Å². The maximum absolute atomic E-state index is 12.3. The van der Waals surface area contributed by atoms with Gasteiger partial charge in [0.25, 0.3) is 0 Å². The molecule has 2 aromatic carbocycles. The van der Waals surface area contributed by atoms with Gasteiger partial charge in [-0.2, -0.15) is 5.26 Å². The number of nitriles is 1. The Hall–Kier alpha value is -3.53. The molecule has 7 heteroatoms. The smallest absolute Gasteiger partial charge is 0.240 e. The number of carbonyl (C=O) groups excluding carboxylic acids is 2. The summed E-state index contributed by atoms with van der Waals surface area (Å²) in [4.78, 5) is 25.6. The maximum atomic E-state index is 12.3. The molecule has 0 aliphatic rings. The number of ether oxygens (including phenoxy) is 2. The van der Waals surface area contributed by atoms with Crippen LogP contribution in [0.1, 0.15) is 18.1 Å². The molecule has 0 radical (unpaired) electrons. The van der Waals surface area contributed by atoms with Crippen molar-refractivity contribution in [3.63, 3.8) is 0 Å². The molecule has 7 nitrogen and oxygen atoms in total. The highest BCUT2D eigenvalue weighted by Crippen LogP contribution is 2.27. The number of carbonyl (C=O) groups is 2. The highest BCUT2D eigenvalue weighted by atomic mass is 16.5. The van der Waals surface area contributed by atoms with E-state index in [9.17, 15) is 9.59 Å². The molecule has 2 aromatic rings. The number of amides is 2. The molecular formula is C20H21N3O4. The van der Waals surface area contributed by atoms with Crippen LogP contribution >= 0.6 is 0 Å². The van der Waals surface area contributed by atoms with E-state index < -0.39 is 0 Å². The first-order valence-electron chi connectivity index (χ1n) is 8.24. The third-order valence-corrected chi connectivity index (χ3v) is 3.91. The van der Waals surface area contributed by atoms with Gasteiger partial charge < -0.3 is 19.7 Å². The second-order valence-corrected chi connectivity index (χ2v) is 5.73.